The molecule has 7 heteroatoms. The molecule has 5 rings (SSSR count). The van der Waals surface area contributed by atoms with E-state index in [1.807, 2.05) is 36.4 Å². The smallest absolute Gasteiger partial charge is 0.283 e. The van der Waals surface area contributed by atoms with E-state index < -0.39 is 0 Å². The number of hydrogen-bond donors (Lipinski definition) is 0. The zero-order valence-corrected chi connectivity index (χ0v) is 14.8. The van der Waals surface area contributed by atoms with Crippen molar-refractivity contribution in [2.75, 3.05) is 13.1 Å². The molecule has 2 atom stereocenters. The van der Waals surface area contributed by atoms with E-state index in [1.165, 1.54) is 16.2 Å². The molecular weight excluding hydrogens is 350 g/mol. The number of amides is 3. The molecule has 0 radical (unpaired) electrons. The van der Waals surface area contributed by atoms with Gasteiger partial charge in [0.05, 0.1) is 28.1 Å². The summed E-state index contributed by atoms with van der Waals surface area (Å²) in [5.41, 5.74) is 0.819. The van der Waals surface area contributed by atoms with E-state index in [0.29, 0.717) is 30.9 Å². The molecule has 0 bridgehead atoms. The fraction of sp³-hybridized carbons (Fsp3) is 0.368. The summed E-state index contributed by atoms with van der Waals surface area (Å²) in [7, 11) is 0. The lowest BCUT2D eigenvalue weighted by Crippen LogP contribution is -2.62. The van der Waals surface area contributed by atoms with Gasteiger partial charge in [-0.05, 0) is 25.0 Å². The van der Waals surface area contributed by atoms with Gasteiger partial charge in [0.15, 0.2) is 5.01 Å². The summed E-state index contributed by atoms with van der Waals surface area (Å²) in [4.78, 5) is 45.3. The van der Waals surface area contributed by atoms with Gasteiger partial charge in [0.2, 0.25) is 11.8 Å². The first kappa shape index (κ1) is 15.7. The molecule has 2 aromatic rings. The summed E-state index contributed by atoms with van der Waals surface area (Å²) >= 11 is 1.38. The lowest BCUT2D eigenvalue weighted by molar-refractivity contribution is -0.145. The monoisotopic (exact) mass is 367 g/mol. The second kappa shape index (κ2) is 5.74. The normalized spacial score (nSPS) is 25.7. The van der Waals surface area contributed by atoms with Crippen LogP contribution >= 0.6 is 11.3 Å². The minimum Gasteiger partial charge on any atom is -0.332 e. The number of rotatable bonds is 2. The van der Waals surface area contributed by atoms with Crippen molar-refractivity contribution >= 4 is 39.3 Å². The number of nitrogens with zero attached hydrogens (tertiary/aromatic N) is 3. The summed E-state index contributed by atoms with van der Waals surface area (Å²) in [5.74, 6) is -0.675. The molecule has 2 unspecified atom stereocenters. The molecule has 1 aromatic carbocycles. The largest absolute Gasteiger partial charge is 0.332 e. The van der Waals surface area contributed by atoms with Gasteiger partial charge in [0.25, 0.3) is 5.91 Å². The van der Waals surface area contributed by atoms with Gasteiger partial charge in [-0.1, -0.05) is 24.3 Å². The van der Waals surface area contributed by atoms with E-state index in [1.54, 1.807) is 4.90 Å². The van der Waals surface area contributed by atoms with E-state index >= 15 is 0 Å². The van der Waals surface area contributed by atoms with Gasteiger partial charge in [-0.3, -0.25) is 19.3 Å². The molecule has 3 aliphatic rings. The summed E-state index contributed by atoms with van der Waals surface area (Å²) in [5, 5.41) is 0.460. The predicted molar refractivity (Wildman–Crippen MR) is 96.5 cm³/mol. The molecule has 0 saturated carbocycles. The molecular formula is C19H17N3O3S. The van der Waals surface area contributed by atoms with Crippen LogP contribution < -0.4 is 0 Å². The number of carbonyl (C=O) groups is 3. The highest BCUT2D eigenvalue weighted by Crippen LogP contribution is 2.37. The Balaban J connectivity index is 1.29. The Labute approximate surface area is 154 Å². The van der Waals surface area contributed by atoms with E-state index in [2.05, 4.69) is 4.98 Å². The highest BCUT2D eigenvalue weighted by atomic mass is 32.1. The van der Waals surface area contributed by atoms with Crippen LogP contribution in [0, 0.1) is 11.8 Å². The number of imide groups is 1. The van der Waals surface area contributed by atoms with Gasteiger partial charge in [-0.25, -0.2) is 4.98 Å². The first-order valence-electron chi connectivity index (χ1n) is 8.80. The molecule has 0 spiro atoms. The molecule has 0 N–H and O–H groups in total. The first-order valence-corrected chi connectivity index (χ1v) is 9.62. The van der Waals surface area contributed by atoms with Crippen LogP contribution in [0.1, 0.15) is 22.6 Å². The van der Waals surface area contributed by atoms with Crippen LogP contribution in [0.25, 0.3) is 10.2 Å². The molecule has 132 valence electrons. The summed E-state index contributed by atoms with van der Waals surface area (Å²) < 4.78 is 0.981. The maximum Gasteiger partial charge on any atom is 0.283 e. The minimum absolute atomic E-state index is 0.0681. The van der Waals surface area contributed by atoms with Crippen LogP contribution in [0.15, 0.2) is 36.4 Å². The fourth-order valence-electron chi connectivity index (χ4n) is 4.07. The molecule has 2 aliphatic heterocycles. The number of benzene rings is 1. The molecule has 1 aromatic heterocycles. The molecule has 2 saturated heterocycles. The second-order valence-corrected chi connectivity index (χ2v) is 8.08. The van der Waals surface area contributed by atoms with E-state index in [0.717, 1.165) is 10.2 Å². The Bertz CT molecular complexity index is 901. The maximum absolute atomic E-state index is 12.6. The fourth-order valence-corrected chi connectivity index (χ4v) is 5.00. The van der Waals surface area contributed by atoms with Crippen LogP contribution in [-0.2, 0) is 9.59 Å². The number of likely N-dealkylation sites (tertiary alicyclic amines) is 2. The van der Waals surface area contributed by atoms with Crippen molar-refractivity contribution in [1.82, 2.24) is 14.8 Å². The number of carbonyl (C=O) groups excluding carboxylic acids is 3. The quantitative estimate of drug-likeness (QED) is 0.602. The van der Waals surface area contributed by atoms with E-state index in [9.17, 15) is 14.4 Å². The third-order valence-electron chi connectivity index (χ3n) is 5.53. The van der Waals surface area contributed by atoms with Gasteiger partial charge in [-0.15, -0.1) is 11.3 Å². The average molecular weight is 367 g/mol. The molecule has 6 nitrogen and oxygen atoms in total. The summed E-state index contributed by atoms with van der Waals surface area (Å²) in [6.45, 7) is 0.804. The lowest BCUT2D eigenvalue weighted by atomic mass is 9.85. The zero-order valence-electron chi connectivity index (χ0n) is 14.0. The van der Waals surface area contributed by atoms with Crippen molar-refractivity contribution in [2.45, 2.75) is 18.9 Å². The summed E-state index contributed by atoms with van der Waals surface area (Å²) in [6.07, 6.45) is 5.26. The van der Waals surface area contributed by atoms with Gasteiger partial charge < -0.3 is 4.90 Å². The molecule has 2 fully saturated rings. The highest BCUT2D eigenvalue weighted by molar-refractivity contribution is 7.20. The Morgan fingerprint density at radius 3 is 2.35 bits per heavy atom. The van der Waals surface area contributed by atoms with Gasteiger partial charge in [-0.2, -0.15) is 0 Å². The van der Waals surface area contributed by atoms with Crippen molar-refractivity contribution in [3.05, 3.63) is 41.4 Å². The Morgan fingerprint density at radius 1 is 1.04 bits per heavy atom. The zero-order chi connectivity index (χ0) is 17.8. The number of aromatic nitrogens is 1. The first-order chi connectivity index (χ1) is 12.6. The summed E-state index contributed by atoms with van der Waals surface area (Å²) in [6, 6.07) is 7.46. The molecule has 3 amide bonds. The van der Waals surface area contributed by atoms with E-state index in [-0.39, 0.29) is 35.6 Å². The lowest BCUT2D eigenvalue weighted by Gasteiger charge is -2.42. The number of para-hydroxylation sites is 1. The topological polar surface area (TPSA) is 70.6 Å². The predicted octanol–water partition coefficient (Wildman–Crippen LogP) is 2.07. The van der Waals surface area contributed by atoms with Gasteiger partial charge in [0, 0.05) is 13.1 Å². The van der Waals surface area contributed by atoms with E-state index in [4.69, 9.17) is 0 Å². The Kier molecular flexibility index (Phi) is 3.46. The van der Waals surface area contributed by atoms with Crippen LogP contribution in [0.3, 0.4) is 0 Å². The van der Waals surface area contributed by atoms with Crippen LogP contribution in [0.5, 0.6) is 0 Å². The highest BCUT2D eigenvalue weighted by Gasteiger charge is 2.52. The Hall–Kier alpha value is -2.54. The second-order valence-electron chi connectivity index (χ2n) is 7.05. The number of thiazole rings is 1. The van der Waals surface area contributed by atoms with Gasteiger partial charge in [0.1, 0.15) is 0 Å². The molecule has 1 aliphatic carbocycles. The van der Waals surface area contributed by atoms with Crippen molar-refractivity contribution in [1.29, 1.82) is 0 Å². The number of fused-ring (bicyclic) bond motifs is 2. The van der Waals surface area contributed by atoms with Crippen LogP contribution in [-0.4, -0.2) is 51.6 Å². The van der Waals surface area contributed by atoms with Gasteiger partial charge >= 0.3 is 0 Å². The standard InChI is InChI=1S/C19H17N3O3S/c23-17-12-5-1-2-6-13(12)18(24)22(17)11-9-21(10-11)19(25)16-20-14-7-3-4-8-15(14)26-16/h1-4,7-8,11-13H,5-6,9-10H2. The van der Waals surface area contributed by atoms with Crippen molar-refractivity contribution in [3.8, 4) is 0 Å². The van der Waals surface area contributed by atoms with Crippen LogP contribution in [0.2, 0.25) is 0 Å². The number of hydrogen-bond acceptors (Lipinski definition) is 5. The molecule has 26 heavy (non-hydrogen) atoms. The van der Waals surface area contributed by atoms with Crippen molar-refractivity contribution in [3.63, 3.8) is 0 Å². The third kappa shape index (κ3) is 2.23. The third-order valence-corrected chi connectivity index (χ3v) is 6.56. The minimum atomic E-state index is -0.207. The average Bonchev–Trinajstić information content (AvgIpc) is 3.16. The maximum atomic E-state index is 12.6. The molecule has 3 heterocycles. The van der Waals surface area contributed by atoms with Crippen molar-refractivity contribution in [2.24, 2.45) is 11.8 Å². The van der Waals surface area contributed by atoms with Crippen molar-refractivity contribution < 1.29 is 14.4 Å². The number of allylic oxidation sites excluding steroid dienone is 2. The van der Waals surface area contributed by atoms with Crippen LogP contribution in [0.4, 0.5) is 0 Å². The Morgan fingerprint density at radius 2 is 1.69 bits per heavy atom. The SMILES string of the molecule is O=C(c1nc2ccccc2s1)N1CC(N2C(=O)C3CC=CCC3C2=O)C1.